The zero-order valence-electron chi connectivity index (χ0n) is 19.3. The molecule has 0 N–H and O–H groups in total. The van der Waals surface area contributed by atoms with Gasteiger partial charge in [0, 0.05) is 17.5 Å². The van der Waals surface area contributed by atoms with Gasteiger partial charge in [-0.3, -0.25) is 14.4 Å². The van der Waals surface area contributed by atoms with Crippen LogP contribution in [0.4, 0.5) is 0 Å². The van der Waals surface area contributed by atoms with Gasteiger partial charge in [0.05, 0.1) is 5.92 Å². The minimum Gasteiger partial charge on any atom is -0.457 e. The van der Waals surface area contributed by atoms with E-state index < -0.39 is 11.9 Å². The largest absolute Gasteiger partial charge is 0.457 e. The first-order chi connectivity index (χ1) is 17.1. The zero-order valence-corrected chi connectivity index (χ0v) is 19.3. The fraction of sp³-hybridized carbons (Fsp3) is 0.129. The summed E-state index contributed by atoms with van der Waals surface area (Å²) in [6.45, 7) is -0.367. The molecule has 4 nitrogen and oxygen atoms in total. The number of ketones is 2. The molecule has 0 aliphatic rings. The fourth-order valence-corrected chi connectivity index (χ4v) is 3.92. The van der Waals surface area contributed by atoms with Crippen molar-refractivity contribution in [1.82, 2.24) is 0 Å². The fourth-order valence-electron chi connectivity index (χ4n) is 3.92. The van der Waals surface area contributed by atoms with E-state index >= 15 is 0 Å². The van der Waals surface area contributed by atoms with E-state index in [4.69, 9.17) is 4.74 Å². The molecule has 0 spiro atoms. The summed E-state index contributed by atoms with van der Waals surface area (Å²) < 4.78 is 5.40. The van der Waals surface area contributed by atoms with Crippen molar-refractivity contribution in [3.63, 3.8) is 0 Å². The van der Waals surface area contributed by atoms with Gasteiger partial charge in [-0.25, -0.2) is 0 Å². The van der Waals surface area contributed by atoms with Gasteiger partial charge in [-0.05, 0) is 23.1 Å². The number of ether oxygens (including phenoxy) is 1. The molecular formula is C31H26O4. The van der Waals surface area contributed by atoms with Gasteiger partial charge in [0.15, 0.2) is 18.2 Å². The molecule has 0 aromatic heterocycles. The molecule has 0 aliphatic heterocycles. The van der Waals surface area contributed by atoms with Gasteiger partial charge in [-0.2, -0.15) is 0 Å². The molecular weight excluding hydrogens is 436 g/mol. The standard InChI is InChI=1S/C31H26O4/c32-29(26-14-8-3-9-15-26)21-28(20-23-10-4-1-5-11-23)31(34)35-22-30(33)27-18-16-25(17-19-27)24-12-6-2-7-13-24/h1-19,28H,20-22H2. The Morgan fingerprint density at radius 2 is 1.09 bits per heavy atom. The van der Waals surface area contributed by atoms with Gasteiger partial charge in [0.2, 0.25) is 0 Å². The van der Waals surface area contributed by atoms with E-state index in [0.717, 1.165) is 16.7 Å². The lowest BCUT2D eigenvalue weighted by atomic mass is 9.92. The lowest BCUT2D eigenvalue weighted by Gasteiger charge is -2.16. The Morgan fingerprint density at radius 3 is 1.71 bits per heavy atom. The number of hydrogen-bond acceptors (Lipinski definition) is 4. The van der Waals surface area contributed by atoms with Gasteiger partial charge in [-0.15, -0.1) is 0 Å². The molecule has 35 heavy (non-hydrogen) atoms. The van der Waals surface area contributed by atoms with Crippen LogP contribution >= 0.6 is 0 Å². The monoisotopic (exact) mass is 462 g/mol. The predicted molar refractivity (Wildman–Crippen MR) is 136 cm³/mol. The summed E-state index contributed by atoms with van der Waals surface area (Å²) >= 11 is 0. The molecule has 174 valence electrons. The highest BCUT2D eigenvalue weighted by atomic mass is 16.5. The Balaban J connectivity index is 1.41. The smallest absolute Gasteiger partial charge is 0.310 e. The predicted octanol–water partition coefficient (Wildman–Crippen LogP) is 6.21. The maximum absolute atomic E-state index is 13.0. The number of carbonyl (C=O) groups excluding carboxylic acids is 3. The molecule has 0 saturated carbocycles. The van der Waals surface area contributed by atoms with Crippen LogP contribution in [-0.2, 0) is 16.0 Å². The Kier molecular flexibility index (Phi) is 7.97. The van der Waals surface area contributed by atoms with Crippen LogP contribution in [0.1, 0.15) is 32.7 Å². The molecule has 4 aromatic carbocycles. The van der Waals surface area contributed by atoms with Gasteiger partial charge in [0.25, 0.3) is 0 Å². The molecule has 0 radical (unpaired) electrons. The topological polar surface area (TPSA) is 60.4 Å². The number of esters is 1. The number of rotatable bonds is 10. The third-order valence-corrected chi connectivity index (χ3v) is 5.85. The molecule has 0 aliphatic carbocycles. The highest BCUT2D eigenvalue weighted by Gasteiger charge is 2.25. The molecule has 4 rings (SSSR count). The highest BCUT2D eigenvalue weighted by molar-refractivity contribution is 6.00. The molecule has 4 aromatic rings. The van der Waals surface area contributed by atoms with E-state index in [1.807, 2.05) is 78.9 Å². The van der Waals surface area contributed by atoms with Crippen molar-refractivity contribution in [3.05, 3.63) is 132 Å². The first kappa shape index (κ1) is 23.8. The lowest BCUT2D eigenvalue weighted by Crippen LogP contribution is -2.25. The lowest BCUT2D eigenvalue weighted by molar-refractivity contribution is -0.147. The van der Waals surface area contributed by atoms with Crippen molar-refractivity contribution >= 4 is 17.5 Å². The minimum absolute atomic E-state index is 0.0116. The van der Waals surface area contributed by atoms with E-state index in [1.165, 1.54) is 0 Å². The molecule has 1 atom stereocenters. The third-order valence-electron chi connectivity index (χ3n) is 5.85. The van der Waals surface area contributed by atoms with E-state index in [2.05, 4.69) is 0 Å². The van der Waals surface area contributed by atoms with Crippen molar-refractivity contribution in [2.24, 2.45) is 5.92 Å². The van der Waals surface area contributed by atoms with Crippen LogP contribution in [0.5, 0.6) is 0 Å². The van der Waals surface area contributed by atoms with Crippen LogP contribution in [0.2, 0.25) is 0 Å². The van der Waals surface area contributed by atoms with Gasteiger partial charge in [0.1, 0.15) is 0 Å². The number of benzene rings is 4. The second-order valence-electron chi connectivity index (χ2n) is 8.35. The summed E-state index contributed by atoms with van der Waals surface area (Å²) in [7, 11) is 0. The molecule has 0 heterocycles. The highest BCUT2D eigenvalue weighted by Crippen LogP contribution is 2.20. The van der Waals surface area contributed by atoms with Gasteiger partial charge in [-0.1, -0.05) is 115 Å². The number of Topliss-reactive ketones (excluding diaryl/α,β-unsaturated/α-hetero) is 2. The molecule has 1 unspecified atom stereocenters. The molecule has 4 heteroatoms. The summed E-state index contributed by atoms with van der Waals surface area (Å²) in [4.78, 5) is 38.4. The average molecular weight is 463 g/mol. The van der Waals surface area contributed by atoms with Crippen LogP contribution in [0.25, 0.3) is 11.1 Å². The maximum atomic E-state index is 13.0. The molecule has 0 bridgehead atoms. The third kappa shape index (κ3) is 6.61. The van der Waals surface area contributed by atoms with Crippen molar-refractivity contribution in [2.45, 2.75) is 12.8 Å². The van der Waals surface area contributed by atoms with E-state index in [1.54, 1.807) is 36.4 Å². The Morgan fingerprint density at radius 1 is 0.571 bits per heavy atom. The normalized spacial score (nSPS) is 11.4. The Bertz CT molecular complexity index is 1260. The van der Waals surface area contributed by atoms with E-state index in [9.17, 15) is 14.4 Å². The zero-order chi connectivity index (χ0) is 24.5. The first-order valence-corrected chi connectivity index (χ1v) is 11.6. The van der Waals surface area contributed by atoms with Crippen LogP contribution in [0.3, 0.4) is 0 Å². The van der Waals surface area contributed by atoms with Gasteiger partial charge >= 0.3 is 5.97 Å². The Labute approximate surface area is 205 Å². The number of hydrogen-bond donors (Lipinski definition) is 0. The SMILES string of the molecule is O=C(COC(=O)C(CC(=O)c1ccccc1)Cc1ccccc1)c1ccc(-c2ccccc2)cc1. The molecule has 0 fully saturated rings. The summed E-state index contributed by atoms with van der Waals surface area (Å²) in [5.41, 5.74) is 4.01. The maximum Gasteiger partial charge on any atom is 0.310 e. The van der Waals surface area contributed by atoms with E-state index in [-0.39, 0.29) is 24.6 Å². The van der Waals surface area contributed by atoms with E-state index in [0.29, 0.717) is 17.5 Å². The summed E-state index contributed by atoms with van der Waals surface area (Å²) in [6, 6.07) is 35.5. The molecule has 0 saturated heterocycles. The first-order valence-electron chi connectivity index (χ1n) is 11.6. The summed E-state index contributed by atoms with van der Waals surface area (Å²) in [5.74, 6) is -1.65. The Hall–Kier alpha value is -4.31. The summed E-state index contributed by atoms with van der Waals surface area (Å²) in [5, 5.41) is 0. The number of carbonyl (C=O) groups is 3. The molecule has 0 amide bonds. The summed E-state index contributed by atoms with van der Waals surface area (Å²) in [6.07, 6.45) is 0.371. The van der Waals surface area contributed by atoms with Crippen LogP contribution < -0.4 is 0 Å². The van der Waals surface area contributed by atoms with Crippen molar-refractivity contribution in [1.29, 1.82) is 0 Å². The minimum atomic E-state index is -0.682. The van der Waals surface area contributed by atoms with Crippen LogP contribution in [0.15, 0.2) is 115 Å². The van der Waals surface area contributed by atoms with Crippen molar-refractivity contribution < 1.29 is 19.1 Å². The van der Waals surface area contributed by atoms with Gasteiger partial charge < -0.3 is 4.74 Å². The van der Waals surface area contributed by atoms with Crippen molar-refractivity contribution in [2.75, 3.05) is 6.61 Å². The van der Waals surface area contributed by atoms with Crippen LogP contribution in [0, 0.1) is 5.92 Å². The second-order valence-corrected chi connectivity index (χ2v) is 8.35. The second kappa shape index (κ2) is 11.7. The van der Waals surface area contributed by atoms with Crippen molar-refractivity contribution in [3.8, 4) is 11.1 Å². The average Bonchev–Trinajstić information content (AvgIpc) is 2.92. The van der Waals surface area contributed by atoms with Crippen LogP contribution in [-0.4, -0.2) is 24.1 Å². The quantitative estimate of drug-likeness (QED) is 0.208.